The molecule has 0 aliphatic carbocycles. The fourth-order valence-electron chi connectivity index (χ4n) is 2.58. The zero-order chi connectivity index (χ0) is 18.7. The second-order valence-electron chi connectivity index (χ2n) is 6.72. The minimum Gasteiger partial charge on any atom is -0.465 e. The molecule has 1 rings (SSSR count). The highest BCUT2D eigenvalue weighted by Gasteiger charge is 2.21. The van der Waals surface area contributed by atoms with Gasteiger partial charge in [-0.1, -0.05) is 0 Å². The first-order valence-corrected chi connectivity index (χ1v) is 8.86. The first kappa shape index (κ1) is 20.9. The van der Waals surface area contributed by atoms with Crippen LogP contribution in [0.2, 0.25) is 0 Å². The molecule has 0 amide bonds. The highest BCUT2D eigenvalue weighted by atomic mass is 127. The smallest absolute Gasteiger partial charge is 0.338 e. The first-order valence-electron chi connectivity index (χ1n) is 7.78. The van der Waals surface area contributed by atoms with Crippen LogP contribution in [0.4, 0.5) is 0 Å². The number of carbonyl (C=O) groups excluding carboxylic acids is 2. The van der Waals surface area contributed by atoms with Crippen LogP contribution in [-0.2, 0) is 20.8 Å². The van der Waals surface area contributed by atoms with Gasteiger partial charge in [0.05, 0.1) is 19.2 Å². The van der Waals surface area contributed by atoms with Crippen molar-refractivity contribution in [2.75, 3.05) is 13.7 Å². The minimum atomic E-state index is -0.498. The largest absolute Gasteiger partial charge is 0.465 e. The molecule has 0 saturated carbocycles. The molecule has 1 N–H and O–H groups in total. The molecular weight excluding hydrogens is 421 g/mol. The van der Waals surface area contributed by atoms with E-state index >= 15 is 0 Å². The average Bonchev–Trinajstić information content (AvgIpc) is 2.46. The number of methoxy groups -OCH3 is 1. The molecule has 1 aromatic rings. The number of halogens is 1. The van der Waals surface area contributed by atoms with Crippen molar-refractivity contribution in [3.05, 3.63) is 31.4 Å². The third-order valence-corrected chi connectivity index (χ3v) is 5.31. The lowest BCUT2D eigenvalue weighted by atomic mass is 9.93. The van der Waals surface area contributed by atoms with Crippen LogP contribution in [0.15, 0.2) is 0 Å². The van der Waals surface area contributed by atoms with Crippen molar-refractivity contribution < 1.29 is 19.1 Å². The van der Waals surface area contributed by atoms with Crippen LogP contribution in [0.5, 0.6) is 0 Å². The van der Waals surface area contributed by atoms with E-state index in [-0.39, 0.29) is 18.5 Å². The molecule has 24 heavy (non-hydrogen) atoms. The molecule has 0 aliphatic heterocycles. The second kappa shape index (κ2) is 8.29. The molecule has 5 nitrogen and oxygen atoms in total. The van der Waals surface area contributed by atoms with E-state index in [9.17, 15) is 9.59 Å². The predicted molar refractivity (Wildman–Crippen MR) is 102 cm³/mol. The highest BCUT2D eigenvalue weighted by Crippen LogP contribution is 2.29. The summed E-state index contributed by atoms with van der Waals surface area (Å²) >= 11 is 2.24. The third kappa shape index (κ3) is 5.17. The van der Waals surface area contributed by atoms with Gasteiger partial charge in [0.2, 0.25) is 0 Å². The van der Waals surface area contributed by atoms with Gasteiger partial charge in [0.15, 0.2) is 0 Å². The Hall–Kier alpha value is -1.15. The van der Waals surface area contributed by atoms with Gasteiger partial charge in [-0.2, -0.15) is 0 Å². The first-order chi connectivity index (χ1) is 11.0. The molecule has 0 saturated heterocycles. The molecule has 134 valence electrons. The summed E-state index contributed by atoms with van der Waals surface area (Å²) in [6.45, 7) is 12.0. The van der Waals surface area contributed by atoms with E-state index in [4.69, 9.17) is 9.47 Å². The quantitative estimate of drug-likeness (QED) is 0.554. The standard InChI is InChI=1S/C18H26INO4/c1-10-13(8-20-9-14(21)24-18(4,5)6)11(2)16(19)12(3)15(10)17(22)23-7/h20H,8-9H2,1-7H3. The molecule has 0 aromatic heterocycles. The van der Waals surface area contributed by atoms with Gasteiger partial charge in [0.25, 0.3) is 0 Å². The summed E-state index contributed by atoms with van der Waals surface area (Å²) in [7, 11) is 1.38. The van der Waals surface area contributed by atoms with Gasteiger partial charge < -0.3 is 14.8 Å². The van der Waals surface area contributed by atoms with E-state index in [0.29, 0.717) is 12.1 Å². The number of hydrogen-bond acceptors (Lipinski definition) is 5. The molecule has 0 atom stereocenters. The molecule has 0 fully saturated rings. The maximum atomic E-state index is 12.1. The molecule has 0 aliphatic rings. The lowest BCUT2D eigenvalue weighted by Crippen LogP contribution is -2.31. The molecule has 1 aromatic carbocycles. The van der Waals surface area contributed by atoms with Gasteiger partial charge in [-0.25, -0.2) is 4.79 Å². The average molecular weight is 447 g/mol. The van der Waals surface area contributed by atoms with E-state index < -0.39 is 5.60 Å². The fourth-order valence-corrected chi connectivity index (χ4v) is 3.17. The van der Waals surface area contributed by atoms with Crippen molar-refractivity contribution in [3.8, 4) is 0 Å². The maximum Gasteiger partial charge on any atom is 0.338 e. The van der Waals surface area contributed by atoms with Gasteiger partial charge in [-0.3, -0.25) is 4.79 Å². The number of carbonyl (C=O) groups is 2. The summed E-state index contributed by atoms with van der Waals surface area (Å²) in [5.41, 5.74) is 4.02. The molecule has 0 heterocycles. The predicted octanol–water partition coefficient (Wildman–Crippen LogP) is 3.43. The molecule has 0 spiro atoms. The Labute approximate surface area is 157 Å². The van der Waals surface area contributed by atoms with E-state index in [1.165, 1.54) is 7.11 Å². The number of nitrogens with one attached hydrogen (secondary N) is 1. The number of benzene rings is 1. The lowest BCUT2D eigenvalue weighted by Gasteiger charge is -2.21. The Balaban J connectivity index is 2.98. The number of hydrogen-bond donors (Lipinski definition) is 1. The Kier molecular flexibility index (Phi) is 7.22. The van der Waals surface area contributed by atoms with Crippen molar-refractivity contribution in [2.45, 2.75) is 53.7 Å². The zero-order valence-corrected chi connectivity index (χ0v) is 17.6. The van der Waals surface area contributed by atoms with Gasteiger partial charge in [0.1, 0.15) is 5.60 Å². The van der Waals surface area contributed by atoms with Gasteiger partial charge in [-0.05, 0) is 86.4 Å². The van der Waals surface area contributed by atoms with Crippen molar-refractivity contribution in [1.82, 2.24) is 5.32 Å². The number of ether oxygens (including phenoxy) is 2. The van der Waals surface area contributed by atoms with E-state index in [0.717, 1.165) is 25.8 Å². The van der Waals surface area contributed by atoms with Crippen LogP contribution < -0.4 is 5.32 Å². The Bertz CT molecular complexity index is 648. The normalized spacial score (nSPS) is 11.3. The SMILES string of the molecule is COC(=O)c1c(C)c(I)c(C)c(CNCC(=O)OC(C)(C)C)c1C. The summed E-state index contributed by atoms with van der Waals surface area (Å²) < 4.78 is 11.2. The monoisotopic (exact) mass is 447 g/mol. The van der Waals surface area contributed by atoms with Crippen molar-refractivity contribution in [3.63, 3.8) is 0 Å². The molecule has 0 bridgehead atoms. The fraction of sp³-hybridized carbons (Fsp3) is 0.556. The van der Waals surface area contributed by atoms with Gasteiger partial charge in [0, 0.05) is 10.1 Å². The summed E-state index contributed by atoms with van der Waals surface area (Å²) in [6.07, 6.45) is 0. The van der Waals surface area contributed by atoms with Crippen LogP contribution in [0.1, 0.15) is 53.4 Å². The van der Waals surface area contributed by atoms with Gasteiger partial charge >= 0.3 is 11.9 Å². The van der Waals surface area contributed by atoms with E-state index in [1.54, 1.807) is 0 Å². The molecule has 0 radical (unpaired) electrons. The Morgan fingerprint density at radius 2 is 1.67 bits per heavy atom. The van der Waals surface area contributed by atoms with Crippen LogP contribution in [-0.4, -0.2) is 31.2 Å². The maximum absolute atomic E-state index is 12.1. The van der Waals surface area contributed by atoms with Crippen LogP contribution in [0, 0.1) is 24.3 Å². The third-order valence-electron chi connectivity index (χ3n) is 3.69. The number of esters is 2. The highest BCUT2D eigenvalue weighted by molar-refractivity contribution is 14.1. The summed E-state index contributed by atoms with van der Waals surface area (Å²) in [5, 5.41) is 3.11. The van der Waals surface area contributed by atoms with Crippen LogP contribution in [0.3, 0.4) is 0 Å². The zero-order valence-electron chi connectivity index (χ0n) is 15.4. The number of rotatable bonds is 5. The summed E-state index contributed by atoms with van der Waals surface area (Å²) in [5.74, 6) is -0.635. The Morgan fingerprint density at radius 3 is 2.17 bits per heavy atom. The van der Waals surface area contributed by atoms with Gasteiger partial charge in [-0.15, -0.1) is 0 Å². The lowest BCUT2D eigenvalue weighted by molar-refractivity contribution is -0.153. The summed E-state index contributed by atoms with van der Waals surface area (Å²) in [4.78, 5) is 23.9. The van der Waals surface area contributed by atoms with Crippen LogP contribution >= 0.6 is 22.6 Å². The summed E-state index contributed by atoms with van der Waals surface area (Å²) in [6, 6.07) is 0. The van der Waals surface area contributed by atoms with E-state index in [2.05, 4.69) is 27.9 Å². The Morgan fingerprint density at radius 1 is 1.08 bits per heavy atom. The second-order valence-corrected chi connectivity index (χ2v) is 7.80. The van der Waals surface area contributed by atoms with Crippen molar-refractivity contribution >= 4 is 34.5 Å². The topological polar surface area (TPSA) is 64.6 Å². The minimum absolute atomic E-state index is 0.119. The van der Waals surface area contributed by atoms with Crippen molar-refractivity contribution in [2.24, 2.45) is 0 Å². The van der Waals surface area contributed by atoms with E-state index in [1.807, 2.05) is 41.5 Å². The molecular formula is C18H26INO4. The molecule has 0 unspecified atom stereocenters. The van der Waals surface area contributed by atoms with Crippen molar-refractivity contribution in [1.29, 1.82) is 0 Å². The van der Waals surface area contributed by atoms with Crippen LogP contribution in [0.25, 0.3) is 0 Å². The molecule has 6 heteroatoms.